The van der Waals surface area contributed by atoms with E-state index in [4.69, 9.17) is 11.6 Å². The Morgan fingerprint density at radius 2 is 2.06 bits per heavy atom. The summed E-state index contributed by atoms with van der Waals surface area (Å²) in [6.45, 7) is 0.999. The minimum Gasteiger partial charge on any atom is -0.320 e. The summed E-state index contributed by atoms with van der Waals surface area (Å²) in [5.41, 5.74) is 3.31. The zero-order chi connectivity index (χ0) is 13.0. The molecule has 0 fully saturated rings. The van der Waals surface area contributed by atoms with Crippen molar-refractivity contribution < 1.29 is 0 Å². The molecule has 0 aliphatic rings. The van der Waals surface area contributed by atoms with E-state index in [-0.39, 0.29) is 0 Å². The molecule has 0 aliphatic carbocycles. The SMILES string of the molecule is CNCCCc1nn(C)cc1-c1ccccc1Cl. The highest BCUT2D eigenvalue weighted by Gasteiger charge is 2.11. The van der Waals surface area contributed by atoms with Crippen LogP contribution in [0.1, 0.15) is 12.1 Å². The van der Waals surface area contributed by atoms with Gasteiger partial charge in [-0.05, 0) is 32.5 Å². The average molecular weight is 264 g/mol. The second kappa shape index (κ2) is 6.03. The van der Waals surface area contributed by atoms with Crippen LogP contribution in [0.4, 0.5) is 0 Å². The van der Waals surface area contributed by atoms with Crippen molar-refractivity contribution in [2.24, 2.45) is 7.05 Å². The average Bonchev–Trinajstić information content (AvgIpc) is 2.71. The van der Waals surface area contributed by atoms with E-state index in [2.05, 4.69) is 10.4 Å². The highest BCUT2D eigenvalue weighted by atomic mass is 35.5. The second-order valence-corrected chi connectivity index (χ2v) is 4.76. The number of rotatable bonds is 5. The van der Waals surface area contributed by atoms with Crippen LogP contribution in [-0.4, -0.2) is 23.4 Å². The molecule has 2 aromatic rings. The first-order valence-corrected chi connectivity index (χ1v) is 6.52. The first-order valence-electron chi connectivity index (χ1n) is 6.14. The van der Waals surface area contributed by atoms with Gasteiger partial charge in [-0.3, -0.25) is 4.68 Å². The van der Waals surface area contributed by atoms with E-state index >= 15 is 0 Å². The van der Waals surface area contributed by atoms with Crippen LogP contribution in [0.3, 0.4) is 0 Å². The van der Waals surface area contributed by atoms with Crippen molar-refractivity contribution in [2.45, 2.75) is 12.8 Å². The molecule has 0 saturated heterocycles. The van der Waals surface area contributed by atoms with Crippen LogP contribution in [0.5, 0.6) is 0 Å². The van der Waals surface area contributed by atoms with Gasteiger partial charge in [0.05, 0.1) is 5.69 Å². The van der Waals surface area contributed by atoms with Gasteiger partial charge in [0.25, 0.3) is 0 Å². The summed E-state index contributed by atoms with van der Waals surface area (Å²) in [5, 5.41) is 8.46. The molecular formula is C14H18ClN3. The number of benzene rings is 1. The van der Waals surface area contributed by atoms with Gasteiger partial charge in [0.1, 0.15) is 0 Å². The number of aromatic nitrogens is 2. The largest absolute Gasteiger partial charge is 0.320 e. The summed E-state index contributed by atoms with van der Waals surface area (Å²) in [4.78, 5) is 0. The third-order valence-electron chi connectivity index (χ3n) is 2.91. The van der Waals surface area contributed by atoms with Crippen molar-refractivity contribution >= 4 is 11.6 Å². The van der Waals surface area contributed by atoms with Crippen molar-refractivity contribution in [3.63, 3.8) is 0 Å². The molecule has 2 rings (SSSR count). The highest BCUT2D eigenvalue weighted by Crippen LogP contribution is 2.30. The van der Waals surface area contributed by atoms with E-state index in [0.717, 1.165) is 41.2 Å². The molecule has 0 unspecified atom stereocenters. The zero-order valence-electron chi connectivity index (χ0n) is 10.8. The van der Waals surface area contributed by atoms with E-state index in [9.17, 15) is 0 Å². The van der Waals surface area contributed by atoms with Gasteiger partial charge in [0, 0.05) is 29.4 Å². The van der Waals surface area contributed by atoms with Gasteiger partial charge in [-0.2, -0.15) is 5.10 Å². The van der Waals surface area contributed by atoms with Crippen LogP contribution in [0, 0.1) is 0 Å². The maximum Gasteiger partial charge on any atom is 0.0703 e. The third kappa shape index (κ3) is 2.92. The van der Waals surface area contributed by atoms with Crippen molar-refractivity contribution in [2.75, 3.05) is 13.6 Å². The van der Waals surface area contributed by atoms with E-state index in [1.165, 1.54) is 0 Å². The van der Waals surface area contributed by atoms with E-state index in [0.29, 0.717) is 0 Å². The molecule has 1 aromatic heterocycles. The van der Waals surface area contributed by atoms with E-state index in [1.807, 2.05) is 49.2 Å². The Balaban J connectivity index is 2.30. The van der Waals surface area contributed by atoms with Gasteiger partial charge in [-0.25, -0.2) is 0 Å². The maximum atomic E-state index is 6.25. The molecule has 0 aliphatic heterocycles. The minimum atomic E-state index is 0.778. The van der Waals surface area contributed by atoms with Crippen LogP contribution in [0.25, 0.3) is 11.1 Å². The van der Waals surface area contributed by atoms with Crippen molar-refractivity contribution in [1.29, 1.82) is 0 Å². The molecule has 0 bridgehead atoms. The summed E-state index contributed by atoms with van der Waals surface area (Å²) >= 11 is 6.25. The van der Waals surface area contributed by atoms with Gasteiger partial charge < -0.3 is 5.32 Å². The van der Waals surface area contributed by atoms with Crippen LogP contribution >= 0.6 is 11.6 Å². The lowest BCUT2D eigenvalue weighted by molar-refractivity contribution is 0.689. The minimum absolute atomic E-state index is 0.778. The Hall–Kier alpha value is -1.32. The molecule has 0 saturated carbocycles. The second-order valence-electron chi connectivity index (χ2n) is 4.35. The predicted octanol–water partition coefficient (Wildman–Crippen LogP) is 2.89. The molecular weight excluding hydrogens is 246 g/mol. The number of aryl methyl sites for hydroxylation is 2. The summed E-state index contributed by atoms with van der Waals surface area (Å²) in [5.74, 6) is 0. The lowest BCUT2D eigenvalue weighted by Crippen LogP contribution is -2.08. The molecule has 18 heavy (non-hydrogen) atoms. The molecule has 96 valence electrons. The maximum absolute atomic E-state index is 6.25. The van der Waals surface area contributed by atoms with Gasteiger partial charge in [0.15, 0.2) is 0 Å². The molecule has 0 spiro atoms. The normalized spacial score (nSPS) is 10.8. The number of nitrogens with one attached hydrogen (secondary N) is 1. The molecule has 0 atom stereocenters. The quantitative estimate of drug-likeness (QED) is 0.841. The van der Waals surface area contributed by atoms with Crippen LogP contribution < -0.4 is 5.32 Å². The Bertz CT molecular complexity index is 520. The lowest BCUT2D eigenvalue weighted by Gasteiger charge is -2.04. The van der Waals surface area contributed by atoms with Crippen LogP contribution in [0.15, 0.2) is 30.5 Å². The van der Waals surface area contributed by atoms with Crippen LogP contribution in [-0.2, 0) is 13.5 Å². The van der Waals surface area contributed by atoms with Crippen molar-refractivity contribution in [1.82, 2.24) is 15.1 Å². The van der Waals surface area contributed by atoms with Crippen LogP contribution in [0.2, 0.25) is 5.02 Å². The fourth-order valence-corrected chi connectivity index (χ4v) is 2.29. The molecule has 1 aromatic carbocycles. The molecule has 1 N–H and O–H groups in total. The Morgan fingerprint density at radius 3 is 2.78 bits per heavy atom. The van der Waals surface area contributed by atoms with Gasteiger partial charge in [0.2, 0.25) is 0 Å². The Morgan fingerprint density at radius 1 is 1.28 bits per heavy atom. The summed E-state index contributed by atoms with van der Waals surface area (Å²) < 4.78 is 1.85. The lowest BCUT2D eigenvalue weighted by atomic mass is 10.0. The smallest absolute Gasteiger partial charge is 0.0703 e. The standard InChI is InChI=1S/C14H18ClN3/c1-16-9-5-8-14-12(10-18(2)17-14)11-6-3-4-7-13(11)15/h3-4,6-7,10,16H,5,8-9H2,1-2H3. The Kier molecular flexibility index (Phi) is 4.39. The van der Waals surface area contributed by atoms with Gasteiger partial charge in [-0.15, -0.1) is 0 Å². The van der Waals surface area contributed by atoms with E-state index < -0.39 is 0 Å². The molecule has 0 amide bonds. The zero-order valence-corrected chi connectivity index (χ0v) is 11.5. The monoisotopic (exact) mass is 263 g/mol. The number of halogens is 1. The highest BCUT2D eigenvalue weighted by molar-refractivity contribution is 6.33. The molecule has 0 radical (unpaired) electrons. The van der Waals surface area contributed by atoms with E-state index in [1.54, 1.807) is 0 Å². The number of hydrogen-bond donors (Lipinski definition) is 1. The molecule has 3 nitrogen and oxygen atoms in total. The fourth-order valence-electron chi connectivity index (χ4n) is 2.06. The first-order chi connectivity index (χ1) is 8.72. The van der Waals surface area contributed by atoms with Gasteiger partial charge in [-0.1, -0.05) is 29.8 Å². The topological polar surface area (TPSA) is 29.9 Å². The third-order valence-corrected chi connectivity index (χ3v) is 3.24. The Labute approximate surface area is 113 Å². The first kappa shape index (κ1) is 13.1. The van der Waals surface area contributed by atoms with Crippen molar-refractivity contribution in [3.8, 4) is 11.1 Å². The van der Waals surface area contributed by atoms with Crippen molar-refractivity contribution in [3.05, 3.63) is 41.2 Å². The van der Waals surface area contributed by atoms with Gasteiger partial charge >= 0.3 is 0 Å². The molecule has 1 heterocycles. The summed E-state index contributed by atoms with van der Waals surface area (Å²) in [6.07, 6.45) is 4.07. The molecule has 4 heteroatoms. The summed E-state index contributed by atoms with van der Waals surface area (Å²) in [6, 6.07) is 7.91. The fraction of sp³-hybridized carbons (Fsp3) is 0.357. The summed E-state index contributed by atoms with van der Waals surface area (Å²) in [7, 11) is 3.91. The predicted molar refractivity (Wildman–Crippen MR) is 75.9 cm³/mol. The number of nitrogens with zero attached hydrogens (tertiary/aromatic N) is 2. The number of hydrogen-bond acceptors (Lipinski definition) is 2.